The molecule has 0 spiro atoms. The number of nitrogens with one attached hydrogen (secondary N) is 1. The molecule has 2 N–H and O–H groups in total. The fraction of sp³-hybridized carbons (Fsp3) is 0.438. The van der Waals surface area contributed by atoms with Gasteiger partial charge in [0.25, 0.3) is 0 Å². The largest absolute Gasteiger partial charge is 0.480 e. The maximum atomic E-state index is 13.3. The van der Waals surface area contributed by atoms with Gasteiger partial charge in [-0.05, 0) is 30.7 Å². The van der Waals surface area contributed by atoms with Crippen molar-refractivity contribution >= 4 is 23.5 Å². The van der Waals surface area contributed by atoms with Crippen LogP contribution < -0.4 is 10.2 Å². The van der Waals surface area contributed by atoms with E-state index in [1.165, 1.54) is 24.0 Å². The maximum Gasteiger partial charge on any atom is 0.391 e. The summed E-state index contributed by atoms with van der Waals surface area (Å²) in [6.45, 7) is 1.37. The Kier molecular flexibility index (Phi) is 5.53. The van der Waals surface area contributed by atoms with Crippen molar-refractivity contribution in [3.05, 3.63) is 29.6 Å². The van der Waals surface area contributed by atoms with Gasteiger partial charge < -0.3 is 15.3 Å². The summed E-state index contributed by atoms with van der Waals surface area (Å²) in [6.07, 6.45) is -6.75. The van der Waals surface area contributed by atoms with E-state index in [4.69, 9.17) is 5.11 Å². The molecule has 1 saturated heterocycles. The molecule has 0 saturated carbocycles. The second kappa shape index (κ2) is 7.30. The number of hydrogen-bond acceptors (Lipinski definition) is 3. The van der Waals surface area contributed by atoms with Gasteiger partial charge in [0.05, 0.1) is 12.3 Å². The Hall–Kier alpha value is -2.65. The fourth-order valence-electron chi connectivity index (χ4n) is 2.65. The molecule has 0 aromatic heterocycles. The summed E-state index contributed by atoms with van der Waals surface area (Å²) in [7, 11) is 0. The number of carboxylic acid groups (broad SMARTS) is 1. The molecule has 0 radical (unpaired) electrons. The molecular formula is C16H16F4N2O4. The van der Waals surface area contributed by atoms with Crippen LogP contribution in [0.25, 0.3) is 0 Å². The minimum Gasteiger partial charge on any atom is -0.480 e. The van der Waals surface area contributed by atoms with Gasteiger partial charge in [0.2, 0.25) is 11.8 Å². The van der Waals surface area contributed by atoms with E-state index in [2.05, 4.69) is 0 Å². The zero-order chi connectivity index (χ0) is 19.6. The topological polar surface area (TPSA) is 86.7 Å². The number of halogens is 4. The molecule has 1 aromatic carbocycles. The molecule has 26 heavy (non-hydrogen) atoms. The molecule has 2 amide bonds. The number of anilines is 1. The summed E-state index contributed by atoms with van der Waals surface area (Å²) in [5.41, 5.74) is 0.647. The summed E-state index contributed by atoms with van der Waals surface area (Å²) >= 11 is 0. The van der Waals surface area contributed by atoms with Crippen molar-refractivity contribution in [3.63, 3.8) is 0 Å². The molecule has 1 aromatic rings. The van der Waals surface area contributed by atoms with Gasteiger partial charge in [-0.1, -0.05) is 0 Å². The highest BCUT2D eigenvalue weighted by molar-refractivity contribution is 6.00. The third kappa shape index (κ3) is 4.70. The number of amides is 2. The zero-order valence-electron chi connectivity index (χ0n) is 13.6. The number of aliphatic carboxylic acids is 1. The fourth-order valence-corrected chi connectivity index (χ4v) is 2.65. The Balaban J connectivity index is 2.08. The van der Waals surface area contributed by atoms with Crippen LogP contribution in [0.1, 0.15) is 18.4 Å². The van der Waals surface area contributed by atoms with Crippen molar-refractivity contribution in [2.45, 2.75) is 32.0 Å². The van der Waals surface area contributed by atoms with Gasteiger partial charge in [0, 0.05) is 18.7 Å². The van der Waals surface area contributed by atoms with Gasteiger partial charge in [-0.3, -0.25) is 9.59 Å². The van der Waals surface area contributed by atoms with E-state index in [-0.39, 0.29) is 13.0 Å². The van der Waals surface area contributed by atoms with Crippen molar-refractivity contribution < 1.29 is 37.1 Å². The number of benzene rings is 1. The third-order valence-electron chi connectivity index (χ3n) is 4.00. The molecular weight excluding hydrogens is 360 g/mol. The Morgan fingerprint density at radius 3 is 2.58 bits per heavy atom. The number of carboxylic acids is 1. The number of alkyl halides is 3. The second-order valence-electron chi connectivity index (χ2n) is 6.06. The van der Waals surface area contributed by atoms with E-state index < -0.39 is 48.2 Å². The maximum absolute atomic E-state index is 13.3. The third-order valence-corrected chi connectivity index (χ3v) is 4.00. The van der Waals surface area contributed by atoms with Crippen molar-refractivity contribution in [3.8, 4) is 0 Å². The second-order valence-corrected chi connectivity index (χ2v) is 6.06. The van der Waals surface area contributed by atoms with Gasteiger partial charge in [-0.25, -0.2) is 9.18 Å². The van der Waals surface area contributed by atoms with E-state index in [9.17, 15) is 31.9 Å². The van der Waals surface area contributed by atoms with Crippen molar-refractivity contribution in [1.82, 2.24) is 5.32 Å². The van der Waals surface area contributed by atoms with Crippen LogP contribution in [0.4, 0.5) is 23.2 Å². The number of carbonyl (C=O) groups is 3. The zero-order valence-corrected chi connectivity index (χ0v) is 13.6. The van der Waals surface area contributed by atoms with Gasteiger partial charge in [-0.2, -0.15) is 13.2 Å². The number of nitrogens with zero attached hydrogens (tertiary/aromatic N) is 1. The van der Waals surface area contributed by atoms with Gasteiger partial charge in [0.1, 0.15) is 11.9 Å². The molecule has 10 heteroatoms. The first kappa shape index (κ1) is 19.7. The first-order valence-corrected chi connectivity index (χ1v) is 7.64. The van der Waals surface area contributed by atoms with Crippen LogP contribution in [0.3, 0.4) is 0 Å². The van der Waals surface area contributed by atoms with Gasteiger partial charge >= 0.3 is 12.1 Å². The standard InChI is InChI=1S/C16H16F4N2O4/c1-8-4-10(2-3-11(8)17)22-7-9(5-13(22)23)14(24)21-12(15(25)26)6-16(18,19)20/h2-4,9,12H,5-7H2,1H3,(H,21,24)(H,25,26). The Morgan fingerprint density at radius 2 is 2.04 bits per heavy atom. The average molecular weight is 376 g/mol. The number of carbonyl (C=O) groups excluding carboxylic acids is 2. The minimum atomic E-state index is -4.76. The number of rotatable bonds is 5. The van der Waals surface area contributed by atoms with Crippen LogP contribution in [0.2, 0.25) is 0 Å². The van der Waals surface area contributed by atoms with Crippen LogP contribution in [0.5, 0.6) is 0 Å². The van der Waals surface area contributed by atoms with Crippen molar-refractivity contribution in [1.29, 1.82) is 0 Å². The average Bonchev–Trinajstić information content (AvgIpc) is 2.90. The van der Waals surface area contributed by atoms with E-state index in [0.717, 1.165) is 6.07 Å². The Morgan fingerprint density at radius 1 is 1.38 bits per heavy atom. The van der Waals surface area contributed by atoms with Gasteiger partial charge in [-0.15, -0.1) is 0 Å². The molecule has 1 heterocycles. The Labute approximate surface area is 145 Å². The quantitative estimate of drug-likeness (QED) is 0.770. The van der Waals surface area contributed by atoms with Crippen LogP contribution in [0, 0.1) is 18.7 Å². The predicted molar refractivity (Wildman–Crippen MR) is 81.8 cm³/mol. The summed E-state index contributed by atoms with van der Waals surface area (Å²) < 4.78 is 50.5. The summed E-state index contributed by atoms with van der Waals surface area (Å²) in [5, 5.41) is 10.7. The molecule has 2 rings (SSSR count). The van der Waals surface area contributed by atoms with Crippen molar-refractivity contribution in [2.75, 3.05) is 11.4 Å². The molecule has 142 valence electrons. The van der Waals surface area contributed by atoms with Crippen LogP contribution in [-0.4, -0.2) is 41.7 Å². The van der Waals surface area contributed by atoms with Crippen LogP contribution >= 0.6 is 0 Å². The highest BCUT2D eigenvalue weighted by atomic mass is 19.4. The van der Waals surface area contributed by atoms with Crippen molar-refractivity contribution in [2.24, 2.45) is 5.92 Å². The van der Waals surface area contributed by atoms with Gasteiger partial charge in [0.15, 0.2) is 0 Å². The summed E-state index contributed by atoms with van der Waals surface area (Å²) in [5.74, 6) is -4.68. The van der Waals surface area contributed by atoms with E-state index in [1.54, 1.807) is 0 Å². The molecule has 1 fully saturated rings. The van der Waals surface area contributed by atoms with Crippen LogP contribution in [-0.2, 0) is 14.4 Å². The van der Waals surface area contributed by atoms with E-state index in [1.807, 2.05) is 5.32 Å². The normalized spacial score (nSPS) is 18.7. The lowest BCUT2D eigenvalue weighted by atomic mass is 10.1. The summed E-state index contributed by atoms with van der Waals surface area (Å²) in [6, 6.07) is 1.80. The monoisotopic (exact) mass is 376 g/mol. The molecule has 2 atom stereocenters. The number of hydrogen-bond donors (Lipinski definition) is 2. The summed E-state index contributed by atoms with van der Waals surface area (Å²) in [4.78, 5) is 36.3. The highest BCUT2D eigenvalue weighted by Gasteiger charge is 2.40. The highest BCUT2D eigenvalue weighted by Crippen LogP contribution is 2.27. The molecule has 2 unspecified atom stereocenters. The lowest BCUT2D eigenvalue weighted by molar-refractivity contribution is -0.160. The molecule has 1 aliphatic heterocycles. The predicted octanol–water partition coefficient (Wildman–Crippen LogP) is 2.01. The lowest BCUT2D eigenvalue weighted by Gasteiger charge is -2.19. The van der Waals surface area contributed by atoms with E-state index in [0.29, 0.717) is 11.3 Å². The minimum absolute atomic E-state index is 0.131. The molecule has 6 nitrogen and oxygen atoms in total. The molecule has 0 aliphatic carbocycles. The van der Waals surface area contributed by atoms with Crippen LogP contribution in [0.15, 0.2) is 18.2 Å². The lowest BCUT2D eigenvalue weighted by Crippen LogP contribution is -2.46. The first-order chi connectivity index (χ1) is 12.0. The van der Waals surface area contributed by atoms with E-state index >= 15 is 0 Å². The number of aryl methyl sites for hydroxylation is 1. The smallest absolute Gasteiger partial charge is 0.391 e. The Bertz CT molecular complexity index is 735. The molecule has 0 bridgehead atoms. The first-order valence-electron chi connectivity index (χ1n) is 7.64. The molecule has 1 aliphatic rings. The SMILES string of the molecule is Cc1cc(N2CC(C(=O)NC(CC(F)(F)F)C(=O)O)CC2=O)ccc1F.